The molecular formula is C24H29N3O3S. The molecule has 1 aliphatic heterocycles. The molecule has 164 valence electrons. The summed E-state index contributed by atoms with van der Waals surface area (Å²) in [4.78, 5) is 20.8. The number of ether oxygens (including phenoxy) is 1. The summed E-state index contributed by atoms with van der Waals surface area (Å²) >= 11 is 1.57. The first-order valence-electron chi connectivity index (χ1n) is 10.8. The monoisotopic (exact) mass is 439 g/mol. The number of hydrogen-bond donors (Lipinski definition) is 1. The molecule has 1 fully saturated rings. The van der Waals surface area contributed by atoms with E-state index in [1.54, 1.807) is 18.4 Å². The van der Waals surface area contributed by atoms with Crippen molar-refractivity contribution in [2.45, 2.75) is 38.6 Å². The minimum atomic E-state index is -0.0500. The number of carbonyl (C=O) groups is 1. The van der Waals surface area contributed by atoms with E-state index in [2.05, 4.69) is 21.3 Å². The quantitative estimate of drug-likeness (QED) is 0.555. The smallest absolute Gasteiger partial charge is 0.236 e. The number of rotatable bonds is 8. The molecule has 1 saturated heterocycles. The summed E-state index contributed by atoms with van der Waals surface area (Å²) in [5.74, 6) is 2.08. The Labute approximate surface area is 187 Å². The van der Waals surface area contributed by atoms with Gasteiger partial charge in [0.15, 0.2) is 0 Å². The van der Waals surface area contributed by atoms with Crippen LogP contribution < -0.4 is 10.1 Å². The number of benzene rings is 1. The van der Waals surface area contributed by atoms with Crippen molar-refractivity contribution in [2.24, 2.45) is 0 Å². The van der Waals surface area contributed by atoms with Crippen LogP contribution in [0.25, 0.3) is 10.8 Å². The first-order chi connectivity index (χ1) is 15.2. The summed E-state index contributed by atoms with van der Waals surface area (Å²) in [6, 6.07) is 12.1. The SMILES string of the molecule is COc1ccccc1C(CNC(=O)Cc1nc(-c2cccs2)oc1C)N1CCCCC1. The van der Waals surface area contributed by atoms with E-state index in [-0.39, 0.29) is 18.4 Å². The van der Waals surface area contributed by atoms with Gasteiger partial charge in [-0.3, -0.25) is 9.69 Å². The maximum atomic E-state index is 12.8. The van der Waals surface area contributed by atoms with Crippen molar-refractivity contribution in [1.29, 1.82) is 0 Å². The molecule has 3 heterocycles. The molecule has 31 heavy (non-hydrogen) atoms. The third kappa shape index (κ3) is 5.17. The number of piperidine rings is 1. The van der Waals surface area contributed by atoms with Gasteiger partial charge in [-0.05, 0) is 50.4 Å². The van der Waals surface area contributed by atoms with E-state index < -0.39 is 0 Å². The van der Waals surface area contributed by atoms with E-state index in [1.165, 1.54) is 19.3 Å². The molecule has 1 unspecified atom stereocenters. The number of methoxy groups -OCH3 is 1. The number of likely N-dealkylation sites (tertiary alicyclic amines) is 1. The fourth-order valence-corrected chi connectivity index (χ4v) is 4.78. The molecule has 4 rings (SSSR count). The summed E-state index contributed by atoms with van der Waals surface area (Å²) in [6.45, 7) is 4.46. The number of nitrogens with zero attached hydrogens (tertiary/aromatic N) is 2. The van der Waals surface area contributed by atoms with Crippen LogP contribution in [0.5, 0.6) is 5.75 Å². The van der Waals surface area contributed by atoms with Crippen LogP contribution >= 0.6 is 11.3 Å². The van der Waals surface area contributed by atoms with Crippen molar-refractivity contribution in [3.63, 3.8) is 0 Å². The lowest BCUT2D eigenvalue weighted by Crippen LogP contribution is -2.41. The minimum Gasteiger partial charge on any atom is -0.496 e. The Morgan fingerprint density at radius 3 is 2.77 bits per heavy atom. The van der Waals surface area contributed by atoms with Gasteiger partial charge in [0.2, 0.25) is 11.8 Å². The second kappa shape index (κ2) is 10.1. The molecular weight excluding hydrogens is 410 g/mol. The van der Waals surface area contributed by atoms with Crippen molar-refractivity contribution in [3.8, 4) is 16.5 Å². The normalized spacial score (nSPS) is 15.5. The largest absolute Gasteiger partial charge is 0.496 e. The van der Waals surface area contributed by atoms with Gasteiger partial charge in [-0.15, -0.1) is 11.3 Å². The Morgan fingerprint density at radius 1 is 1.23 bits per heavy atom. The third-order valence-corrected chi connectivity index (χ3v) is 6.63. The Hall–Kier alpha value is -2.64. The number of thiophene rings is 1. The Morgan fingerprint density at radius 2 is 2.03 bits per heavy atom. The van der Waals surface area contributed by atoms with Crippen LogP contribution in [0.15, 0.2) is 46.2 Å². The number of para-hydroxylation sites is 1. The zero-order valence-electron chi connectivity index (χ0n) is 18.1. The van der Waals surface area contributed by atoms with Crippen LogP contribution in [0.1, 0.15) is 42.3 Å². The lowest BCUT2D eigenvalue weighted by atomic mass is 10.0. The van der Waals surface area contributed by atoms with E-state index in [1.807, 2.05) is 42.6 Å². The maximum absolute atomic E-state index is 12.8. The van der Waals surface area contributed by atoms with E-state index in [9.17, 15) is 4.79 Å². The number of carbonyl (C=O) groups excluding carboxylic acids is 1. The second-order valence-corrected chi connectivity index (χ2v) is 8.78. The van der Waals surface area contributed by atoms with Gasteiger partial charge < -0.3 is 14.5 Å². The second-order valence-electron chi connectivity index (χ2n) is 7.83. The molecule has 3 aromatic rings. The minimum absolute atomic E-state index is 0.0500. The van der Waals surface area contributed by atoms with E-state index in [0.29, 0.717) is 23.9 Å². The summed E-state index contributed by atoms with van der Waals surface area (Å²) in [6.07, 6.45) is 3.84. The lowest BCUT2D eigenvalue weighted by Gasteiger charge is -2.35. The van der Waals surface area contributed by atoms with Gasteiger partial charge in [0, 0.05) is 12.1 Å². The Kier molecular flexibility index (Phi) is 7.04. The van der Waals surface area contributed by atoms with Gasteiger partial charge in [0.25, 0.3) is 0 Å². The molecule has 1 amide bonds. The van der Waals surface area contributed by atoms with E-state index in [0.717, 1.165) is 29.3 Å². The van der Waals surface area contributed by atoms with Crippen molar-refractivity contribution in [3.05, 3.63) is 58.8 Å². The molecule has 7 heteroatoms. The molecule has 0 saturated carbocycles. The van der Waals surface area contributed by atoms with Crippen LogP contribution in [0.2, 0.25) is 0 Å². The van der Waals surface area contributed by atoms with Gasteiger partial charge in [-0.1, -0.05) is 30.7 Å². The van der Waals surface area contributed by atoms with Crippen molar-refractivity contribution < 1.29 is 13.9 Å². The van der Waals surface area contributed by atoms with Gasteiger partial charge in [-0.2, -0.15) is 0 Å². The van der Waals surface area contributed by atoms with Gasteiger partial charge >= 0.3 is 0 Å². The average molecular weight is 440 g/mol. The highest BCUT2D eigenvalue weighted by atomic mass is 32.1. The molecule has 1 aromatic carbocycles. The van der Waals surface area contributed by atoms with Crippen LogP contribution in [-0.4, -0.2) is 42.5 Å². The highest BCUT2D eigenvalue weighted by Crippen LogP contribution is 2.31. The van der Waals surface area contributed by atoms with E-state index in [4.69, 9.17) is 9.15 Å². The summed E-state index contributed by atoms with van der Waals surface area (Å²) in [7, 11) is 1.70. The first-order valence-corrected chi connectivity index (χ1v) is 11.7. The number of amides is 1. The Balaban J connectivity index is 1.45. The van der Waals surface area contributed by atoms with Crippen LogP contribution in [0.4, 0.5) is 0 Å². The molecule has 0 radical (unpaired) electrons. The third-order valence-electron chi connectivity index (χ3n) is 5.77. The molecule has 1 aliphatic rings. The predicted molar refractivity (Wildman–Crippen MR) is 122 cm³/mol. The number of aryl methyl sites for hydroxylation is 1. The molecule has 1 atom stereocenters. The fourth-order valence-electron chi connectivity index (χ4n) is 4.13. The molecule has 1 N–H and O–H groups in total. The fraction of sp³-hybridized carbons (Fsp3) is 0.417. The van der Waals surface area contributed by atoms with Gasteiger partial charge in [0.1, 0.15) is 11.5 Å². The van der Waals surface area contributed by atoms with Crippen LogP contribution in [-0.2, 0) is 11.2 Å². The predicted octanol–water partition coefficient (Wildman–Crippen LogP) is 4.61. The van der Waals surface area contributed by atoms with Crippen LogP contribution in [0.3, 0.4) is 0 Å². The van der Waals surface area contributed by atoms with Crippen molar-refractivity contribution >= 4 is 17.2 Å². The molecule has 0 aliphatic carbocycles. The zero-order valence-corrected chi connectivity index (χ0v) is 18.9. The highest BCUT2D eigenvalue weighted by molar-refractivity contribution is 7.13. The molecule has 2 aromatic heterocycles. The van der Waals surface area contributed by atoms with Gasteiger partial charge in [0.05, 0.1) is 30.1 Å². The van der Waals surface area contributed by atoms with Crippen molar-refractivity contribution in [2.75, 3.05) is 26.7 Å². The number of nitrogens with one attached hydrogen (secondary N) is 1. The first kappa shape index (κ1) is 21.6. The van der Waals surface area contributed by atoms with Gasteiger partial charge in [-0.25, -0.2) is 4.98 Å². The molecule has 0 bridgehead atoms. The Bertz CT molecular complexity index is 993. The topological polar surface area (TPSA) is 67.6 Å². The van der Waals surface area contributed by atoms with Crippen molar-refractivity contribution in [1.82, 2.24) is 15.2 Å². The van der Waals surface area contributed by atoms with Crippen LogP contribution in [0, 0.1) is 6.92 Å². The maximum Gasteiger partial charge on any atom is 0.236 e. The summed E-state index contributed by atoms with van der Waals surface area (Å²) < 4.78 is 11.4. The number of aromatic nitrogens is 1. The number of oxazole rings is 1. The summed E-state index contributed by atoms with van der Waals surface area (Å²) in [5.41, 5.74) is 1.80. The number of hydrogen-bond acceptors (Lipinski definition) is 6. The highest BCUT2D eigenvalue weighted by Gasteiger charge is 2.25. The van der Waals surface area contributed by atoms with E-state index >= 15 is 0 Å². The standard InChI is InChI=1S/C24H29N3O3S/c1-17-19(26-24(30-17)22-11-8-14-31-22)15-23(28)25-16-20(27-12-6-3-7-13-27)18-9-4-5-10-21(18)29-2/h4-5,8-11,14,20H,3,6-7,12-13,15-16H2,1-2H3,(H,25,28). The zero-order chi connectivity index (χ0) is 21.6. The summed E-state index contributed by atoms with van der Waals surface area (Å²) in [5, 5.41) is 5.12. The molecule has 0 spiro atoms. The molecule has 6 nitrogen and oxygen atoms in total. The lowest BCUT2D eigenvalue weighted by molar-refractivity contribution is -0.120. The average Bonchev–Trinajstić information content (AvgIpc) is 3.45.